The van der Waals surface area contributed by atoms with Crippen molar-refractivity contribution in [1.29, 1.82) is 0 Å². The molecule has 0 atom stereocenters. The molecule has 0 amide bonds. The molecule has 0 bridgehead atoms. The topological polar surface area (TPSA) is 36.1 Å². The number of fused-ring (bicyclic) bond motifs is 28. The van der Waals surface area contributed by atoms with Gasteiger partial charge in [-0.1, -0.05) is 71.8 Å². The van der Waals surface area contributed by atoms with Crippen molar-refractivity contribution < 1.29 is 8.83 Å². The zero-order valence-electron chi connectivity index (χ0n) is 44.8. The summed E-state index contributed by atoms with van der Waals surface area (Å²) in [5.41, 5.74) is 18.7. The number of benzene rings is 8. The summed E-state index contributed by atoms with van der Waals surface area (Å²) in [7, 11) is 0. The highest BCUT2D eigenvalue weighted by atomic mass is 32.1. The van der Waals surface area contributed by atoms with Gasteiger partial charge in [-0.3, -0.25) is 0 Å². The molecule has 12 heteroatoms. The monoisotopic (exact) mass is 1200 g/mol. The Morgan fingerprint density at radius 2 is 0.671 bits per heavy atom. The molecule has 0 saturated heterocycles. The van der Waals surface area contributed by atoms with E-state index in [1.54, 1.807) is 0 Å². The van der Waals surface area contributed by atoms with Gasteiger partial charge in [0.25, 0.3) is 0 Å². The van der Waals surface area contributed by atoms with Gasteiger partial charge >= 0.3 is 0 Å². The molecule has 0 fully saturated rings. The first-order chi connectivity index (χ1) is 40.0. The van der Waals surface area contributed by atoms with Gasteiger partial charge in [0.2, 0.25) is 0 Å². The van der Waals surface area contributed by atoms with Crippen molar-refractivity contribution in [3.8, 4) is 11.4 Å². The van der Waals surface area contributed by atoms with Crippen LogP contribution in [0.4, 0.5) is 0 Å². The first-order valence-corrected chi connectivity index (χ1v) is 33.9. The van der Waals surface area contributed by atoms with Gasteiger partial charge in [0.1, 0.15) is 16.6 Å². The summed E-state index contributed by atoms with van der Waals surface area (Å²) in [4.78, 5) is 0. The minimum atomic E-state index is 0.957. The SMILES string of the molecule is Cc1ccc(-n2c3c4ccc(C)cc4oc3c3sc4cc5c(cc4c32)sc2c5sc3c4ccc(C)cc4sc32)cc1.Cc1ccc(-n2c3cc(C)ccc3c3oc4c5cc6sc7c(sc8c9ccc(C)cc9sc87)c6cc5sc4c32)cc1. The third-order valence-electron chi connectivity index (χ3n) is 16.8. The van der Waals surface area contributed by atoms with E-state index in [9.17, 15) is 0 Å². The number of thiophene rings is 8. The Hall–Kier alpha value is -7.36. The maximum Gasteiger partial charge on any atom is 0.171 e. The van der Waals surface area contributed by atoms with Gasteiger partial charge in [-0.25, -0.2) is 0 Å². The van der Waals surface area contributed by atoms with Crippen LogP contribution in [0.15, 0.2) is 154 Å². The summed E-state index contributed by atoms with van der Waals surface area (Å²) in [6, 6.07) is 54.4. The molecule has 0 aliphatic heterocycles. The molecular formula is C70H42N2O2S8. The van der Waals surface area contributed by atoms with Gasteiger partial charge in [0.05, 0.1) is 58.0 Å². The zero-order valence-corrected chi connectivity index (χ0v) is 51.4. The molecule has 12 heterocycles. The lowest BCUT2D eigenvalue weighted by Gasteiger charge is -2.08. The van der Waals surface area contributed by atoms with E-state index in [1.165, 1.54) is 185 Å². The van der Waals surface area contributed by atoms with Crippen LogP contribution in [-0.2, 0) is 0 Å². The van der Waals surface area contributed by atoms with Crippen molar-refractivity contribution in [1.82, 2.24) is 9.13 Å². The summed E-state index contributed by atoms with van der Waals surface area (Å²) in [5, 5.41) is 10.4. The third-order valence-corrected chi connectivity index (χ3v) is 27.1. The van der Waals surface area contributed by atoms with Crippen LogP contribution in [0, 0.1) is 41.5 Å². The van der Waals surface area contributed by atoms with Crippen LogP contribution < -0.4 is 0 Å². The normalized spacial score (nSPS) is 12.8. The van der Waals surface area contributed by atoms with E-state index in [1.807, 2.05) is 90.7 Å². The molecule has 0 aliphatic carbocycles. The lowest BCUT2D eigenvalue weighted by atomic mass is 10.1. The van der Waals surface area contributed by atoms with Crippen molar-refractivity contribution in [2.45, 2.75) is 41.5 Å². The van der Waals surface area contributed by atoms with Crippen LogP contribution in [0.2, 0.25) is 0 Å². The highest BCUT2D eigenvalue weighted by Gasteiger charge is 2.27. The molecule has 0 N–H and O–H groups in total. The fourth-order valence-corrected chi connectivity index (χ4v) is 24.0. The van der Waals surface area contributed by atoms with Gasteiger partial charge in [0.15, 0.2) is 16.7 Å². The summed E-state index contributed by atoms with van der Waals surface area (Å²) >= 11 is 15.4. The Balaban J connectivity index is 0.000000122. The molecule has 0 radical (unpaired) electrons. The molecule has 20 aromatic rings. The quantitative estimate of drug-likeness (QED) is 0.173. The lowest BCUT2D eigenvalue weighted by Crippen LogP contribution is -1.93. The first-order valence-electron chi connectivity index (χ1n) is 27.3. The zero-order chi connectivity index (χ0) is 54.3. The second kappa shape index (κ2) is 16.7. The van der Waals surface area contributed by atoms with Crippen LogP contribution >= 0.6 is 90.7 Å². The number of hydrogen-bond acceptors (Lipinski definition) is 10. The van der Waals surface area contributed by atoms with Crippen molar-refractivity contribution in [3.63, 3.8) is 0 Å². The molecule has 0 unspecified atom stereocenters. The Morgan fingerprint density at radius 1 is 0.256 bits per heavy atom. The van der Waals surface area contributed by atoms with Crippen LogP contribution in [0.1, 0.15) is 33.4 Å². The molecule has 20 rings (SSSR count). The lowest BCUT2D eigenvalue weighted by molar-refractivity contribution is 0.673. The summed E-state index contributed by atoms with van der Waals surface area (Å²) in [5.74, 6) is 0. The maximum atomic E-state index is 6.81. The smallest absolute Gasteiger partial charge is 0.171 e. The minimum Gasteiger partial charge on any atom is -0.453 e. The van der Waals surface area contributed by atoms with Crippen molar-refractivity contribution in [3.05, 3.63) is 179 Å². The second-order valence-electron chi connectivity index (χ2n) is 22.4. The van der Waals surface area contributed by atoms with E-state index in [-0.39, 0.29) is 0 Å². The van der Waals surface area contributed by atoms with E-state index >= 15 is 0 Å². The molecule has 0 aliphatic rings. The van der Waals surface area contributed by atoms with E-state index in [0.717, 1.165) is 22.3 Å². The minimum absolute atomic E-state index is 0.957. The van der Waals surface area contributed by atoms with E-state index in [0.29, 0.717) is 0 Å². The predicted molar refractivity (Wildman–Crippen MR) is 368 cm³/mol. The number of aryl methyl sites for hydroxylation is 6. The average molecular weight is 1200 g/mol. The predicted octanol–water partition coefficient (Wildman–Crippen LogP) is 24.9. The molecule has 392 valence electrons. The Labute approximate surface area is 498 Å². The fourth-order valence-electron chi connectivity index (χ4n) is 12.9. The molecule has 82 heavy (non-hydrogen) atoms. The van der Waals surface area contributed by atoms with Crippen molar-refractivity contribution in [2.75, 3.05) is 0 Å². The molecule has 8 aromatic carbocycles. The summed E-state index contributed by atoms with van der Waals surface area (Å²) in [6.45, 7) is 12.9. The number of furan rings is 2. The molecule has 0 spiro atoms. The Morgan fingerprint density at radius 3 is 1.26 bits per heavy atom. The Bertz CT molecular complexity index is 6190. The third kappa shape index (κ3) is 6.44. The first kappa shape index (κ1) is 47.2. The highest BCUT2D eigenvalue weighted by Crippen LogP contribution is 2.55. The molecule has 4 nitrogen and oxygen atoms in total. The van der Waals surface area contributed by atoms with Gasteiger partial charge in [-0.05, 0) is 149 Å². The number of aromatic nitrogens is 2. The second-order valence-corrected chi connectivity index (χ2v) is 30.7. The van der Waals surface area contributed by atoms with Crippen LogP contribution in [-0.4, -0.2) is 9.13 Å². The van der Waals surface area contributed by atoms with Gasteiger partial charge in [-0.15, -0.1) is 90.7 Å². The van der Waals surface area contributed by atoms with Crippen LogP contribution in [0.5, 0.6) is 0 Å². The van der Waals surface area contributed by atoms with Crippen LogP contribution in [0.3, 0.4) is 0 Å². The van der Waals surface area contributed by atoms with E-state index < -0.39 is 0 Å². The molecular weight excluding hydrogens is 1160 g/mol. The Kier molecular flexibility index (Phi) is 9.59. The maximum absolute atomic E-state index is 6.81. The fraction of sp³-hybridized carbons (Fsp3) is 0.0857. The van der Waals surface area contributed by atoms with Crippen molar-refractivity contribution >= 4 is 253 Å². The van der Waals surface area contributed by atoms with Gasteiger partial charge in [-0.2, -0.15) is 0 Å². The number of nitrogens with zero attached hydrogens (tertiary/aromatic N) is 2. The highest BCUT2D eigenvalue weighted by molar-refractivity contribution is 7.44. The summed E-state index contributed by atoms with van der Waals surface area (Å²) in [6.07, 6.45) is 0. The largest absolute Gasteiger partial charge is 0.453 e. The molecule has 12 aromatic heterocycles. The van der Waals surface area contributed by atoms with E-state index in [4.69, 9.17) is 8.83 Å². The van der Waals surface area contributed by atoms with Gasteiger partial charge < -0.3 is 18.0 Å². The molecule has 0 saturated carbocycles. The van der Waals surface area contributed by atoms with Crippen LogP contribution in [0.25, 0.3) is 174 Å². The summed E-state index contributed by atoms with van der Waals surface area (Å²) < 4.78 is 40.3. The van der Waals surface area contributed by atoms with E-state index in [2.05, 4.69) is 196 Å². The average Bonchev–Trinajstić information content (AvgIpc) is 1.82. The standard InChI is InChI=1S/2C35H21NOS4/c1-16-4-8-19(9-5-16)36-24-12-17(2)6-10-20(24)29-28(36)33-30(37-29)22-14-27-23(15-26(22)38-33)32-35(40-27)34-31(41-32)21-11-7-18(3)13-25(21)39-34;1-16-4-8-19(9-5-16)36-28-20-10-6-17(2)12-24(20)37-30(28)33-29(36)22-14-27-23(15-26(22)38-33)32-35(40-27)34-31(41-32)21-11-7-18(3)13-25(21)39-34/h2*4-15H,1-3H3. The van der Waals surface area contributed by atoms with Crippen molar-refractivity contribution in [2.24, 2.45) is 0 Å². The number of hydrogen-bond donors (Lipinski definition) is 0. The van der Waals surface area contributed by atoms with Gasteiger partial charge in [0, 0.05) is 82.7 Å². The number of rotatable bonds is 2.